The van der Waals surface area contributed by atoms with Crippen LogP contribution in [0.15, 0.2) is 34.1 Å². The van der Waals surface area contributed by atoms with Crippen molar-refractivity contribution in [2.24, 2.45) is 14.1 Å². The Morgan fingerprint density at radius 3 is 2.70 bits per heavy atom. The van der Waals surface area contributed by atoms with E-state index >= 15 is 0 Å². The average Bonchev–Trinajstić information content (AvgIpc) is 3.00. The number of carbonyl (C=O) groups excluding carboxylic acids is 1. The van der Waals surface area contributed by atoms with Crippen molar-refractivity contribution in [1.82, 2.24) is 18.7 Å². The molecule has 2 heterocycles. The number of nitrogens with zero attached hydrogens (tertiary/aromatic N) is 5. The van der Waals surface area contributed by atoms with Gasteiger partial charge in [-0.1, -0.05) is 11.6 Å². The van der Waals surface area contributed by atoms with Crippen LogP contribution in [0.2, 0.25) is 5.02 Å². The van der Waals surface area contributed by atoms with Gasteiger partial charge in [-0.05, 0) is 12.1 Å². The molecule has 0 fully saturated rings. The van der Waals surface area contributed by atoms with Crippen LogP contribution < -0.4 is 16.6 Å². The number of anilines is 1. The van der Waals surface area contributed by atoms with E-state index in [2.05, 4.69) is 10.3 Å². The molecule has 0 aliphatic carbocycles. The molecular weight excluding hydrogens is 380 g/mol. The average molecular weight is 393 g/mol. The number of amides is 1. The molecule has 3 aromatic rings. The zero-order valence-electron chi connectivity index (χ0n) is 14.2. The molecule has 0 unspecified atom stereocenters. The molecule has 0 bridgehead atoms. The van der Waals surface area contributed by atoms with E-state index in [9.17, 15) is 24.5 Å². The molecule has 27 heavy (non-hydrogen) atoms. The van der Waals surface area contributed by atoms with E-state index in [-0.39, 0.29) is 27.6 Å². The second-order valence-electron chi connectivity index (χ2n) is 5.73. The molecule has 2 aromatic heterocycles. The summed E-state index contributed by atoms with van der Waals surface area (Å²) in [6.07, 6.45) is 1.39. The van der Waals surface area contributed by atoms with Gasteiger partial charge in [0.1, 0.15) is 11.6 Å². The van der Waals surface area contributed by atoms with Crippen LogP contribution in [0.5, 0.6) is 0 Å². The highest BCUT2D eigenvalue weighted by Gasteiger charge is 2.18. The Labute approximate surface area is 155 Å². The molecule has 0 radical (unpaired) electrons. The Hall–Kier alpha value is -3.47. The van der Waals surface area contributed by atoms with Crippen molar-refractivity contribution < 1.29 is 9.72 Å². The molecule has 0 saturated carbocycles. The van der Waals surface area contributed by atoms with E-state index in [1.165, 1.54) is 30.1 Å². The summed E-state index contributed by atoms with van der Waals surface area (Å²) in [4.78, 5) is 51.4. The van der Waals surface area contributed by atoms with Crippen LogP contribution in [-0.2, 0) is 25.4 Å². The highest BCUT2D eigenvalue weighted by Crippen LogP contribution is 2.27. The molecule has 0 aliphatic rings. The summed E-state index contributed by atoms with van der Waals surface area (Å²) in [7, 11) is 3.03. The number of imidazole rings is 1. The van der Waals surface area contributed by atoms with Crippen LogP contribution in [0, 0.1) is 10.1 Å². The van der Waals surface area contributed by atoms with Gasteiger partial charge < -0.3 is 9.88 Å². The maximum atomic E-state index is 12.6. The first-order chi connectivity index (χ1) is 12.7. The normalized spacial score (nSPS) is 10.9. The maximum Gasteiger partial charge on any atom is 0.332 e. The number of nitrogens with one attached hydrogen (secondary N) is 1. The third-order valence-corrected chi connectivity index (χ3v) is 4.25. The van der Waals surface area contributed by atoms with Gasteiger partial charge in [-0.25, -0.2) is 14.3 Å². The SMILES string of the molecule is Cn1cnc2c1c(=O)n(CC(=O)Nc1ccc(Cl)c([N+](=O)[O-])c1)c(=O)n2C. The van der Waals surface area contributed by atoms with Gasteiger partial charge in [0, 0.05) is 25.8 Å². The van der Waals surface area contributed by atoms with E-state index in [1.54, 1.807) is 7.05 Å². The molecule has 11 nitrogen and oxygen atoms in total. The first-order valence-electron chi connectivity index (χ1n) is 7.55. The van der Waals surface area contributed by atoms with Crippen molar-refractivity contribution in [3.8, 4) is 0 Å². The fourth-order valence-electron chi connectivity index (χ4n) is 2.61. The minimum atomic E-state index is -0.705. The number of nitro benzene ring substituents is 1. The molecule has 1 N–H and O–H groups in total. The zero-order valence-corrected chi connectivity index (χ0v) is 14.9. The number of halogens is 1. The first-order valence-corrected chi connectivity index (χ1v) is 7.93. The highest BCUT2D eigenvalue weighted by molar-refractivity contribution is 6.32. The molecule has 3 rings (SSSR count). The van der Waals surface area contributed by atoms with Crippen LogP contribution in [-0.4, -0.2) is 29.5 Å². The summed E-state index contributed by atoms with van der Waals surface area (Å²) >= 11 is 5.72. The molecule has 0 aliphatic heterocycles. The smallest absolute Gasteiger partial charge is 0.328 e. The number of fused-ring (bicyclic) bond motifs is 1. The van der Waals surface area contributed by atoms with Gasteiger partial charge >= 0.3 is 5.69 Å². The lowest BCUT2D eigenvalue weighted by Crippen LogP contribution is -2.42. The number of rotatable bonds is 4. The minimum Gasteiger partial charge on any atom is -0.328 e. The van der Waals surface area contributed by atoms with E-state index in [0.29, 0.717) is 0 Å². The summed E-state index contributed by atoms with van der Waals surface area (Å²) in [6.45, 7) is -0.566. The Morgan fingerprint density at radius 2 is 2.04 bits per heavy atom. The van der Waals surface area contributed by atoms with Crippen molar-refractivity contribution in [3.63, 3.8) is 0 Å². The molecular formula is C15H13ClN6O5. The fourth-order valence-corrected chi connectivity index (χ4v) is 2.80. The van der Waals surface area contributed by atoms with Crippen LogP contribution in [0.1, 0.15) is 0 Å². The zero-order chi connectivity index (χ0) is 19.9. The Balaban J connectivity index is 1.95. The van der Waals surface area contributed by atoms with E-state index in [1.807, 2.05) is 0 Å². The van der Waals surface area contributed by atoms with Gasteiger partial charge in [0.2, 0.25) is 5.91 Å². The molecule has 0 spiro atoms. The number of benzene rings is 1. The third kappa shape index (κ3) is 3.19. The van der Waals surface area contributed by atoms with Crippen molar-refractivity contribution in [2.45, 2.75) is 6.54 Å². The fraction of sp³-hybridized carbons (Fsp3) is 0.200. The quantitative estimate of drug-likeness (QED) is 0.511. The van der Waals surface area contributed by atoms with Gasteiger partial charge in [-0.2, -0.15) is 0 Å². The Bertz CT molecular complexity index is 1210. The van der Waals surface area contributed by atoms with Gasteiger partial charge in [0.15, 0.2) is 11.2 Å². The molecule has 140 valence electrons. The monoisotopic (exact) mass is 392 g/mol. The summed E-state index contributed by atoms with van der Waals surface area (Å²) in [5.74, 6) is -0.702. The number of hydrogen-bond acceptors (Lipinski definition) is 6. The van der Waals surface area contributed by atoms with Crippen molar-refractivity contribution in [3.05, 3.63) is 60.5 Å². The predicted octanol–water partition coefficient (Wildman–Crippen LogP) is 0.634. The number of nitro groups is 1. The van der Waals surface area contributed by atoms with Crippen LogP contribution >= 0.6 is 11.6 Å². The number of carbonyl (C=O) groups is 1. The molecule has 0 saturated heterocycles. The van der Waals surface area contributed by atoms with Crippen LogP contribution in [0.4, 0.5) is 11.4 Å². The molecule has 1 amide bonds. The number of hydrogen-bond donors (Lipinski definition) is 1. The number of aryl methyl sites for hydroxylation is 2. The Morgan fingerprint density at radius 1 is 1.33 bits per heavy atom. The summed E-state index contributed by atoms with van der Waals surface area (Å²) in [5.41, 5.74) is -1.25. The lowest BCUT2D eigenvalue weighted by atomic mass is 10.2. The summed E-state index contributed by atoms with van der Waals surface area (Å²) in [5, 5.41) is 13.3. The summed E-state index contributed by atoms with van der Waals surface area (Å²) in [6, 6.07) is 3.73. The lowest BCUT2D eigenvalue weighted by Gasteiger charge is -2.09. The Kier molecular flexibility index (Phi) is 4.54. The molecule has 1 aromatic carbocycles. The molecule has 12 heteroatoms. The largest absolute Gasteiger partial charge is 0.332 e. The van der Waals surface area contributed by atoms with E-state index in [4.69, 9.17) is 11.6 Å². The standard InChI is InChI=1S/C15H13ClN6O5/c1-19-7-17-13-12(19)14(24)21(15(25)20(13)2)6-11(23)18-8-3-4-9(16)10(5-8)22(26)27/h3-5,7H,6H2,1-2H3,(H,18,23). The predicted molar refractivity (Wildman–Crippen MR) is 97.0 cm³/mol. The van der Waals surface area contributed by atoms with Gasteiger partial charge in [-0.15, -0.1) is 0 Å². The maximum absolute atomic E-state index is 12.6. The second-order valence-corrected chi connectivity index (χ2v) is 6.14. The van der Waals surface area contributed by atoms with Gasteiger partial charge in [0.25, 0.3) is 11.2 Å². The lowest BCUT2D eigenvalue weighted by molar-refractivity contribution is -0.384. The second kappa shape index (κ2) is 6.68. The van der Waals surface area contributed by atoms with Crippen molar-refractivity contribution in [1.29, 1.82) is 0 Å². The van der Waals surface area contributed by atoms with Crippen LogP contribution in [0.25, 0.3) is 11.2 Å². The van der Waals surface area contributed by atoms with E-state index in [0.717, 1.165) is 15.2 Å². The highest BCUT2D eigenvalue weighted by atomic mass is 35.5. The number of aromatic nitrogens is 4. The topological polar surface area (TPSA) is 134 Å². The van der Waals surface area contributed by atoms with Crippen molar-refractivity contribution >= 4 is 40.0 Å². The van der Waals surface area contributed by atoms with Gasteiger partial charge in [0.05, 0.1) is 11.3 Å². The minimum absolute atomic E-state index is 0.0789. The summed E-state index contributed by atoms with van der Waals surface area (Å²) < 4.78 is 3.38. The third-order valence-electron chi connectivity index (χ3n) is 3.93. The molecule has 0 atom stereocenters. The first kappa shape index (κ1) is 18.3. The van der Waals surface area contributed by atoms with Gasteiger partial charge in [-0.3, -0.25) is 24.3 Å². The van der Waals surface area contributed by atoms with Crippen molar-refractivity contribution in [2.75, 3.05) is 5.32 Å². The van der Waals surface area contributed by atoms with Crippen LogP contribution in [0.3, 0.4) is 0 Å². The van der Waals surface area contributed by atoms with E-state index < -0.39 is 28.6 Å².